The molecule has 0 amide bonds. The number of likely N-dealkylation sites (tertiary alicyclic amines) is 1. The summed E-state index contributed by atoms with van der Waals surface area (Å²) in [5, 5.41) is 11.3. The van der Waals surface area contributed by atoms with Gasteiger partial charge in [-0.2, -0.15) is 5.10 Å². The van der Waals surface area contributed by atoms with Crippen LogP contribution in [0.4, 0.5) is 10.1 Å². The summed E-state index contributed by atoms with van der Waals surface area (Å²) in [5.74, 6) is -0.187. The van der Waals surface area contributed by atoms with Gasteiger partial charge in [-0.3, -0.25) is 4.79 Å². The Labute approximate surface area is 127 Å². The molecule has 1 saturated heterocycles. The molecular formula is C16H19FN4O. The highest BCUT2D eigenvalue weighted by Crippen LogP contribution is 2.38. The first kappa shape index (κ1) is 13.7. The first-order chi connectivity index (χ1) is 10.6. The second kappa shape index (κ2) is 5.05. The van der Waals surface area contributed by atoms with Gasteiger partial charge in [-0.1, -0.05) is 6.42 Å². The number of H-pyrrole nitrogens is 1. The van der Waals surface area contributed by atoms with Gasteiger partial charge in [0.05, 0.1) is 11.1 Å². The van der Waals surface area contributed by atoms with Crippen LogP contribution in [0.25, 0.3) is 10.8 Å². The summed E-state index contributed by atoms with van der Waals surface area (Å²) in [6.07, 6.45) is 3.57. The molecule has 0 radical (unpaired) electrons. The maximum absolute atomic E-state index is 13.7. The quantitative estimate of drug-likeness (QED) is 0.846. The van der Waals surface area contributed by atoms with E-state index in [1.807, 2.05) is 0 Å². The molecule has 0 spiro atoms. The van der Waals surface area contributed by atoms with Crippen molar-refractivity contribution in [1.29, 1.82) is 0 Å². The number of aromatic amines is 1. The van der Waals surface area contributed by atoms with E-state index < -0.39 is 5.82 Å². The van der Waals surface area contributed by atoms with Gasteiger partial charge in [0, 0.05) is 29.6 Å². The Bertz CT molecular complexity index is 788. The lowest BCUT2D eigenvalue weighted by molar-refractivity contribution is 0.160. The van der Waals surface area contributed by atoms with E-state index in [1.165, 1.54) is 25.0 Å². The van der Waals surface area contributed by atoms with Crippen molar-refractivity contribution >= 4 is 16.5 Å². The molecule has 2 atom stereocenters. The summed E-state index contributed by atoms with van der Waals surface area (Å²) in [7, 11) is 2.15. The highest BCUT2D eigenvalue weighted by molar-refractivity contribution is 5.96. The topological polar surface area (TPSA) is 61.0 Å². The minimum Gasteiger partial charge on any atom is -0.384 e. The van der Waals surface area contributed by atoms with Gasteiger partial charge in [-0.25, -0.2) is 9.49 Å². The molecule has 0 aliphatic carbocycles. The van der Waals surface area contributed by atoms with Crippen LogP contribution in [0, 0.1) is 5.82 Å². The van der Waals surface area contributed by atoms with Crippen molar-refractivity contribution in [2.24, 2.45) is 0 Å². The molecule has 22 heavy (non-hydrogen) atoms. The molecule has 6 heteroatoms. The molecule has 0 bridgehead atoms. The number of likely N-dealkylation sites (N-methyl/N-ethyl adjacent to an activating group) is 1. The molecule has 4 rings (SSSR count). The maximum atomic E-state index is 13.7. The number of hydrogen-bond donors (Lipinski definition) is 2. The number of piperidine rings is 1. The molecular weight excluding hydrogens is 283 g/mol. The van der Waals surface area contributed by atoms with Crippen LogP contribution in [0.5, 0.6) is 0 Å². The zero-order valence-corrected chi connectivity index (χ0v) is 12.5. The Morgan fingerprint density at radius 3 is 3.05 bits per heavy atom. The molecule has 1 fully saturated rings. The Hall–Kier alpha value is -1.95. The fourth-order valence-corrected chi connectivity index (χ4v) is 3.94. The second-order valence-corrected chi connectivity index (χ2v) is 6.35. The van der Waals surface area contributed by atoms with Crippen LogP contribution in [-0.2, 0) is 0 Å². The van der Waals surface area contributed by atoms with Crippen molar-refractivity contribution < 1.29 is 4.39 Å². The number of anilines is 1. The highest BCUT2D eigenvalue weighted by Gasteiger charge is 2.34. The van der Waals surface area contributed by atoms with E-state index in [-0.39, 0.29) is 11.5 Å². The molecule has 5 nitrogen and oxygen atoms in total. The van der Waals surface area contributed by atoms with Crippen LogP contribution < -0.4 is 10.9 Å². The zero-order chi connectivity index (χ0) is 15.3. The Morgan fingerprint density at radius 2 is 2.23 bits per heavy atom. The van der Waals surface area contributed by atoms with Crippen molar-refractivity contribution in [3.8, 4) is 0 Å². The maximum Gasteiger partial charge on any atom is 0.272 e. The van der Waals surface area contributed by atoms with E-state index in [2.05, 4.69) is 27.5 Å². The number of nitrogens with one attached hydrogen (secondary N) is 2. The summed E-state index contributed by atoms with van der Waals surface area (Å²) in [5.41, 5.74) is 1.24. The van der Waals surface area contributed by atoms with E-state index in [1.54, 1.807) is 0 Å². The van der Waals surface area contributed by atoms with Crippen LogP contribution in [0.1, 0.15) is 30.9 Å². The lowest BCUT2D eigenvalue weighted by atomic mass is 9.84. The van der Waals surface area contributed by atoms with Gasteiger partial charge in [0.1, 0.15) is 5.82 Å². The van der Waals surface area contributed by atoms with E-state index >= 15 is 0 Å². The smallest absolute Gasteiger partial charge is 0.272 e. The van der Waals surface area contributed by atoms with Gasteiger partial charge in [-0.15, -0.1) is 0 Å². The predicted molar refractivity (Wildman–Crippen MR) is 83.8 cm³/mol. The van der Waals surface area contributed by atoms with E-state index in [4.69, 9.17) is 0 Å². The third-order valence-corrected chi connectivity index (χ3v) is 5.04. The average Bonchev–Trinajstić information content (AvgIpc) is 2.51. The van der Waals surface area contributed by atoms with Crippen molar-refractivity contribution in [3.05, 3.63) is 34.0 Å². The standard InChI is InChI=1S/C16H19FN4O/c1-21-5-3-2-4-13(21)11-8-18-12-7-9(17)6-10-14(12)15(11)19-20-16(10)22/h6-7,11,13,18H,2-5,8H2,1H3,(H,20,22). The fraction of sp³-hybridized carbons (Fsp3) is 0.500. The molecule has 1 aromatic carbocycles. The Balaban J connectivity index is 1.89. The van der Waals surface area contributed by atoms with Crippen molar-refractivity contribution in [2.45, 2.75) is 31.2 Å². The fourth-order valence-electron chi connectivity index (χ4n) is 3.94. The Kier molecular flexibility index (Phi) is 3.14. The molecule has 2 aliphatic heterocycles. The van der Waals surface area contributed by atoms with Gasteiger partial charge < -0.3 is 10.2 Å². The number of rotatable bonds is 1. The summed E-state index contributed by atoms with van der Waals surface area (Å²) in [6.45, 7) is 1.81. The van der Waals surface area contributed by atoms with Crippen molar-refractivity contribution in [3.63, 3.8) is 0 Å². The molecule has 1 aromatic heterocycles. The largest absolute Gasteiger partial charge is 0.384 e. The monoisotopic (exact) mass is 302 g/mol. The second-order valence-electron chi connectivity index (χ2n) is 6.35. The number of halogens is 1. The van der Waals surface area contributed by atoms with Crippen LogP contribution in [0.15, 0.2) is 16.9 Å². The predicted octanol–water partition coefficient (Wildman–Crippen LogP) is 2.06. The van der Waals surface area contributed by atoms with Crippen molar-refractivity contribution in [2.75, 3.05) is 25.5 Å². The van der Waals surface area contributed by atoms with E-state index in [0.29, 0.717) is 17.1 Å². The first-order valence-electron chi connectivity index (χ1n) is 7.81. The van der Waals surface area contributed by atoms with Gasteiger partial charge in [0.25, 0.3) is 5.56 Å². The van der Waals surface area contributed by atoms with Gasteiger partial charge >= 0.3 is 0 Å². The third-order valence-electron chi connectivity index (χ3n) is 5.04. The minimum atomic E-state index is -0.397. The highest BCUT2D eigenvalue weighted by atomic mass is 19.1. The summed E-state index contributed by atoms with van der Waals surface area (Å²) < 4.78 is 13.7. The van der Waals surface area contributed by atoms with Gasteiger partial charge in [0.15, 0.2) is 0 Å². The third kappa shape index (κ3) is 2.01. The van der Waals surface area contributed by atoms with Crippen LogP contribution in [0.3, 0.4) is 0 Å². The van der Waals surface area contributed by atoms with Crippen LogP contribution in [-0.4, -0.2) is 41.3 Å². The normalized spacial score (nSPS) is 25.2. The lowest BCUT2D eigenvalue weighted by Gasteiger charge is -2.39. The number of hydrogen-bond acceptors (Lipinski definition) is 4. The number of benzene rings is 1. The summed E-state index contributed by atoms with van der Waals surface area (Å²) in [6, 6.07) is 3.16. The number of aromatic nitrogens is 2. The van der Waals surface area contributed by atoms with Gasteiger partial charge in [-0.05, 0) is 38.6 Å². The van der Waals surface area contributed by atoms with E-state index in [9.17, 15) is 9.18 Å². The molecule has 2 aromatic rings. The van der Waals surface area contributed by atoms with Gasteiger partial charge in [0.2, 0.25) is 0 Å². The van der Waals surface area contributed by atoms with E-state index in [0.717, 1.165) is 30.6 Å². The average molecular weight is 302 g/mol. The summed E-state index contributed by atoms with van der Waals surface area (Å²) >= 11 is 0. The SMILES string of the molecule is CN1CCCCC1C1CNc2cc(F)cc3c(=O)[nH]nc1c23. The Morgan fingerprint density at radius 1 is 1.36 bits per heavy atom. The van der Waals surface area contributed by atoms with Crippen LogP contribution >= 0.6 is 0 Å². The molecule has 2 aliphatic rings. The van der Waals surface area contributed by atoms with Crippen molar-refractivity contribution in [1.82, 2.24) is 15.1 Å². The minimum absolute atomic E-state index is 0.211. The molecule has 116 valence electrons. The molecule has 2 unspecified atom stereocenters. The molecule has 0 saturated carbocycles. The zero-order valence-electron chi connectivity index (χ0n) is 12.5. The lowest BCUT2D eigenvalue weighted by Crippen LogP contribution is -2.44. The summed E-state index contributed by atoms with van der Waals surface area (Å²) in [4.78, 5) is 14.4. The number of nitrogens with zero attached hydrogens (tertiary/aromatic N) is 2. The molecule has 2 N–H and O–H groups in total. The van der Waals surface area contributed by atoms with Crippen LogP contribution in [0.2, 0.25) is 0 Å². The first-order valence-corrected chi connectivity index (χ1v) is 7.81. The molecule has 3 heterocycles.